The number of hydrogen-bond donors (Lipinski definition) is 2. The number of allylic oxidation sites excluding steroid dienone is 1. The minimum Gasteiger partial charge on any atom is -0.395 e. The smallest absolute Gasteiger partial charge is 0.265 e. The molecule has 1 aliphatic rings. The largest absolute Gasteiger partial charge is 0.395 e. The first-order chi connectivity index (χ1) is 15.1. The van der Waals surface area contributed by atoms with E-state index in [1.54, 1.807) is 43.3 Å². The summed E-state index contributed by atoms with van der Waals surface area (Å²) in [6.07, 6.45) is 5.46. The van der Waals surface area contributed by atoms with Crippen LogP contribution in [0.4, 0.5) is 14.5 Å². The summed E-state index contributed by atoms with van der Waals surface area (Å²) in [6.45, 7) is 4.45. The van der Waals surface area contributed by atoms with Crippen molar-refractivity contribution in [2.75, 3.05) is 25.0 Å². The summed E-state index contributed by atoms with van der Waals surface area (Å²) >= 11 is 0. The van der Waals surface area contributed by atoms with Crippen molar-refractivity contribution in [2.24, 2.45) is 11.6 Å². The van der Waals surface area contributed by atoms with E-state index in [1.807, 2.05) is 17.7 Å². The van der Waals surface area contributed by atoms with Crippen molar-refractivity contribution >= 4 is 11.4 Å². The molecule has 3 rings (SSSR count). The van der Waals surface area contributed by atoms with Crippen LogP contribution in [-0.4, -0.2) is 40.6 Å². The van der Waals surface area contributed by atoms with Crippen LogP contribution in [0.1, 0.15) is 43.1 Å². The van der Waals surface area contributed by atoms with Crippen LogP contribution in [0.25, 0.3) is 5.70 Å². The average molecular weight is 447 g/mol. The van der Waals surface area contributed by atoms with Crippen LogP contribution in [-0.2, 0) is 13.0 Å². The maximum atomic E-state index is 13.9. The van der Waals surface area contributed by atoms with Crippen molar-refractivity contribution in [1.82, 2.24) is 14.6 Å². The van der Waals surface area contributed by atoms with Crippen LogP contribution in [0.15, 0.2) is 41.1 Å². The first-order valence-corrected chi connectivity index (χ1v) is 10.9. The van der Waals surface area contributed by atoms with Crippen LogP contribution >= 0.6 is 0 Å². The van der Waals surface area contributed by atoms with Crippen molar-refractivity contribution < 1.29 is 8.78 Å². The van der Waals surface area contributed by atoms with Crippen molar-refractivity contribution in [1.29, 1.82) is 0 Å². The zero-order valence-electron chi connectivity index (χ0n) is 18.9. The molecule has 0 unspecified atom stereocenters. The van der Waals surface area contributed by atoms with E-state index in [4.69, 9.17) is 11.6 Å². The Labute approximate surface area is 187 Å². The lowest BCUT2D eigenvalue weighted by atomic mass is 10.1. The highest BCUT2D eigenvalue weighted by Crippen LogP contribution is 2.31. The summed E-state index contributed by atoms with van der Waals surface area (Å²) in [6, 6.07) is 5.07. The maximum absolute atomic E-state index is 13.9. The molecule has 3 heterocycles. The summed E-state index contributed by atoms with van der Waals surface area (Å²) in [5.74, 6) is 3.38. The number of hydrogen-bond acceptors (Lipinski definition) is 6. The molecule has 9 heteroatoms. The summed E-state index contributed by atoms with van der Waals surface area (Å²) in [7, 11) is 1.69. The molecule has 4 N–H and O–H groups in total. The summed E-state index contributed by atoms with van der Waals surface area (Å²) < 4.78 is 29.6. The number of anilines is 1. The molecule has 0 radical (unpaired) electrons. The molecule has 0 aromatic carbocycles. The number of rotatable bonds is 7. The maximum Gasteiger partial charge on any atom is 0.265 e. The third-order valence-electron chi connectivity index (χ3n) is 5.71. The van der Waals surface area contributed by atoms with Gasteiger partial charge in [0.25, 0.3) is 5.92 Å². The van der Waals surface area contributed by atoms with Gasteiger partial charge in [0.1, 0.15) is 0 Å². The molecule has 1 saturated heterocycles. The van der Waals surface area contributed by atoms with Gasteiger partial charge in [-0.25, -0.2) is 19.6 Å². The Morgan fingerprint density at radius 3 is 2.69 bits per heavy atom. The van der Waals surface area contributed by atoms with Gasteiger partial charge in [-0.05, 0) is 31.9 Å². The fraction of sp³-hybridized carbons (Fsp3) is 0.478. The van der Waals surface area contributed by atoms with E-state index < -0.39 is 5.92 Å². The number of alkyl halides is 2. The average Bonchev–Trinajstić information content (AvgIpc) is 2.72. The molecule has 0 amide bonds. The van der Waals surface area contributed by atoms with Crippen molar-refractivity contribution in [2.45, 2.75) is 52.0 Å². The summed E-state index contributed by atoms with van der Waals surface area (Å²) in [5.41, 5.74) is 10.1. The van der Waals surface area contributed by atoms with E-state index in [0.29, 0.717) is 54.4 Å². The van der Waals surface area contributed by atoms with E-state index in [-0.39, 0.29) is 18.4 Å². The molecule has 0 saturated carbocycles. The zero-order chi connectivity index (χ0) is 23.5. The van der Waals surface area contributed by atoms with Gasteiger partial charge in [-0.3, -0.25) is 4.79 Å². The van der Waals surface area contributed by atoms with Gasteiger partial charge in [0.2, 0.25) is 0 Å². The van der Waals surface area contributed by atoms with Gasteiger partial charge in [0.05, 0.1) is 41.6 Å². The minimum atomic E-state index is -2.69. The quantitative estimate of drug-likeness (QED) is 0.502. The lowest BCUT2D eigenvalue weighted by molar-refractivity contribution is -0.0117. The first-order valence-electron chi connectivity index (χ1n) is 10.9. The van der Waals surface area contributed by atoms with Gasteiger partial charge < -0.3 is 20.2 Å². The standard InChI is InChI=1S/C23H32F2N6O/c1-4-6-17-13-30(12-9-21(17)32)14-20(29(3)27)22(26)18-7-8-19(16(2)28-18)31-11-5-10-23(24,25)15-31/h7-9,12-13H,4-6,10-11,14-15,26-27H2,1-3H3/b22-20-. The lowest BCUT2D eigenvalue weighted by Gasteiger charge is -2.34. The zero-order valence-corrected chi connectivity index (χ0v) is 18.9. The number of piperidine rings is 1. The van der Waals surface area contributed by atoms with Crippen LogP contribution in [0.3, 0.4) is 0 Å². The highest BCUT2D eigenvalue weighted by Gasteiger charge is 2.35. The number of halogens is 2. The fourth-order valence-corrected chi connectivity index (χ4v) is 4.05. The molecule has 0 aliphatic carbocycles. The van der Waals surface area contributed by atoms with Gasteiger partial charge in [-0.15, -0.1) is 0 Å². The minimum absolute atomic E-state index is 0.0128. The molecule has 32 heavy (non-hydrogen) atoms. The predicted molar refractivity (Wildman–Crippen MR) is 123 cm³/mol. The summed E-state index contributed by atoms with van der Waals surface area (Å²) in [4.78, 5) is 18.3. The van der Waals surface area contributed by atoms with Gasteiger partial charge in [-0.1, -0.05) is 13.3 Å². The van der Waals surface area contributed by atoms with Crippen LogP contribution in [0.5, 0.6) is 0 Å². The fourth-order valence-electron chi connectivity index (χ4n) is 4.05. The van der Waals surface area contributed by atoms with Crippen molar-refractivity contribution in [3.63, 3.8) is 0 Å². The highest BCUT2D eigenvalue weighted by atomic mass is 19.3. The molecule has 0 spiro atoms. The number of hydrazine groups is 1. The van der Waals surface area contributed by atoms with Crippen LogP contribution in [0.2, 0.25) is 0 Å². The van der Waals surface area contributed by atoms with Crippen LogP contribution in [0, 0.1) is 6.92 Å². The highest BCUT2D eigenvalue weighted by molar-refractivity contribution is 5.65. The second-order valence-electron chi connectivity index (χ2n) is 8.41. The Hall–Kier alpha value is -2.94. The van der Waals surface area contributed by atoms with E-state index in [0.717, 1.165) is 12.0 Å². The molecular weight excluding hydrogens is 414 g/mol. The number of pyridine rings is 2. The SMILES string of the molecule is CCCc1cn(C/C(=C(/N)c2ccc(N3CCCC(F)(F)C3)c(C)n2)N(C)N)ccc1=O. The topological polar surface area (TPSA) is 93.4 Å². The first kappa shape index (κ1) is 23.7. The lowest BCUT2D eigenvalue weighted by Crippen LogP contribution is -2.43. The molecule has 2 aromatic heterocycles. The van der Waals surface area contributed by atoms with E-state index in [9.17, 15) is 13.6 Å². The molecule has 1 fully saturated rings. The Kier molecular flexibility index (Phi) is 7.18. The van der Waals surface area contributed by atoms with Gasteiger partial charge in [0.15, 0.2) is 5.43 Å². The second kappa shape index (κ2) is 9.68. The number of aryl methyl sites for hydroxylation is 2. The van der Waals surface area contributed by atoms with Crippen molar-refractivity contribution in [3.05, 3.63) is 63.5 Å². The van der Waals surface area contributed by atoms with Crippen LogP contribution < -0.4 is 21.9 Å². The predicted octanol–water partition coefficient (Wildman–Crippen LogP) is 2.87. The molecule has 0 bridgehead atoms. The molecule has 1 aliphatic heterocycles. The van der Waals surface area contributed by atoms with Gasteiger partial charge in [-0.2, -0.15) is 0 Å². The normalized spacial score (nSPS) is 16.6. The van der Waals surface area contributed by atoms with Gasteiger partial charge >= 0.3 is 0 Å². The Bertz CT molecular complexity index is 1050. The van der Waals surface area contributed by atoms with E-state index in [1.165, 1.54) is 5.01 Å². The molecule has 174 valence electrons. The number of nitrogens with two attached hydrogens (primary N) is 2. The number of likely N-dealkylation sites (N-methyl/N-ethyl adjacent to an activating group) is 1. The monoisotopic (exact) mass is 446 g/mol. The number of aromatic nitrogens is 2. The second-order valence-corrected chi connectivity index (χ2v) is 8.41. The van der Waals surface area contributed by atoms with Gasteiger partial charge in [0, 0.05) is 44.0 Å². The molecule has 0 atom stereocenters. The summed E-state index contributed by atoms with van der Waals surface area (Å²) in [5, 5.41) is 1.43. The Morgan fingerprint density at radius 1 is 1.31 bits per heavy atom. The number of nitrogens with zero attached hydrogens (tertiary/aromatic N) is 4. The molecule has 2 aromatic rings. The van der Waals surface area contributed by atoms with Crippen molar-refractivity contribution in [3.8, 4) is 0 Å². The molecular formula is C23H32F2N6O. The third-order valence-corrected chi connectivity index (χ3v) is 5.71. The van der Waals surface area contributed by atoms with E-state index >= 15 is 0 Å². The molecule has 7 nitrogen and oxygen atoms in total. The third kappa shape index (κ3) is 5.45. The Morgan fingerprint density at radius 2 is 2.06 bits per heavy atom. The van der Waals surface area contributed by atoms with E-state index in [2.05, 4.69) is 4.98 Å². The Balaban J connectivity index is 1.90.